The topological polar surface area (TPSA) is 52.6 Å². The number of anilines is 1. The summed E-state index contributed by atoms with van der Waals surface area (Å²) in [5.74, 6) is -0.0713. The monoisotopic (exact) mass is 312 g/mol. The molecule has 23 heavy (non-hydrogen) atoms. The van der Waals surface area contributed by atoms with Crippen LogP contribution in [0.15, 0.2) is 54.6 Å². The van der Waals surface area contributed by atoms with Crippen LogP contribution >= 0.6 is 0 Å². The maximum absolute atomic E-state index is 11.2. The summed E-state index contributed by atoms with van der Waals surface area (Å²) in [5, 5.41) is 12.2. The Morgan fingerprint density at radius 3 is 2.57 bits per heavy atom. The molecule has 0 aliphatic heterocycles. The van der Waals surface area contributed by atoms with E-state index >= 15 is 0 Å². The Kier molecular flexibility index (Phi) is 6.32. The third kappa shape index (κ3) is 5.20. The average molecular weight is 312 g/mol. The highest BCUT2D eigenvalue weighted by atomic mass is 16.3. The first-order chi connectivity index (χ1) is 11.1. The standard InChI is InChI=1S/C19H24N2O2/c1-15(23)20-18-10-6-7-16(13-18)14-21(2)19(11-12-22)17-8-4-3-5-9-17/h3-10,13,19,22H,11-12,14H2,1-2H3,(H,20,23)/t19-/m1/s1. The van der Waals surface area contributed by atoms with E-state index in [1.165, 1.54) is 12.5 Å². The molecule has 0 saturated heterocycles. The maximum atomic E-state index is 11.2. The van der Waals surface area contributed by atoms with Crippen molar-refractivity contribution in [3.63, 3.8) is 0 Å². The second kappa shape index (κ2) is 8.46. The van der Waals surface area contributed by atoms with Crippen LogP contribution in [0.5, 0.6) is 0 Å². The number of nitrogens with zero attached hydrogens (tertiary/aromatic N) is 1. The van der Waals surface area contributed by atoms with Crippen molar-refractivity contribution >= 4 is 11.6 Å². The van der Waals surface area contributed by atoms with Crippen LogP contribution in [0, 0.1) is 0 Å². The van der Waals surface area contributed by atoms with Crippen molar-refractivity contribution in [3.8, 4) is 0 Å². The highest BCUT2D eigenvalue weighted by Gasteiger charge is 2.16. The number of carbonyl (C=O) groups excluding carboxylic acids is 1. The zero-order valence-corrected chi connectivity index (χ0v) is 13.7. The number of carbonyl (C=O) groups is 1. The number of aliphatic hydroxyl groups is 1. The van der Waals surface area contributed by atoms with E-state index in [1.807, 2.05) is 42.5 Å². The molecule has 0 aliphatic rings. The number of rotatable bonds is 7. The van der Waals surface area contributed by atoms with E-state index in [2.05, 4.69) is 29.4 Å². The lowest BCUT2D eigenvalue weighted by atomic mass is 10.0. The number of hydrogen-bond acceptors (Lipinski definition) is 3. The van der Waals surface area contributed by atoms with E-state index in [0.717, 1.165) is 17.8 Å². The average Bonchev–Trinajstić information content (AvgIpc) is 2.53. The fraction of sp³-hybridized carbons (Fsp3) is 0.316. The van der Waals surface area contributed by atoms with Gasteiger partial charge in [-0.15, -0.1) is 0 Å². The van der Waals surface area contributed by atoms with Crippen LogP contribution in [0.4, 0.5) is 5.69 Å². The number of nitrogens with one attached hydrogen (secondary N) is 1. The van der Waals surface area contributed by atoms with Crippen molar-refractivity contribution in [1.29, 1.82) is 0 Å². The Labute approximate surface area is 137 Å². The van der Waals surface area contributed by atoms with E-state index < -0.39 is 0 Å². The largest absolute Gasteiger partial charge is 0.396 e. The van der Waals surface area contributed by atoms with Crippen LogP contribution in [-0.2, 0) is 11.3 Å². The Morgan fingerprint density at radius 2 is 1.91 bits per heavy atom. The Hall–Kier alpha value is -2.17. The van der Waals surface area contributed by atoms with E-state index in [0.29, 0.717) is 6.42 Å². The predicted octanol–water partition coefficient (Wildman–Crippen LogP) is 3.20. The van der Waals surface area contributed by atoms with Gasteiger partial charge in [-0.05, 0) is 36.7 Å². The summed E-state index contributed by atoms with van der Waals surface area (Å²) in [7, 11) is 2.05. The molecule has 1 amide bonds. The molecule has 0 aliphatic carbocycles. The van der Waals surface area contributed by atoms with Gasteiger partial charge < -0.3 is 10.4 Å². The first kappa shape index (κ1) is 17.2. The Balaban J connectivity index is 2.12. The molecular formula is C19H24N2O2. The van der Waals surface area contributed by atoms with Gasteiger partial charge in [0.2, 0.25) is 5.91 Å². The van der Waals surface area contributed by atoms with Crippen molar-refractivity contribution in [1.82, 2.24) is 4.90 Å². The first-order valence-corrected chi connectivity index (χ1v) is 7.82. The van der Waals surface area contributed by atoms with Crippen molar-refractivity contribution < 1.29 is 9.90 Å². The van der Waals surface area contributed by atoms with Crippen LogP contribution in [0.25, 0.3) is 0 Å². The highest BCUT2D eigenvalue weighted by molar-refractivity contribution is 5.88. The zero-order chi connectivity index (χ0) is 16.7. The van der Waals surface area contributed by atoms with Crippen LogP contribution in [0.1, 0.15) is 30.5 Å². The molecule has 0 radical (unpaired) electrons. The number of aliphatic hydroxyl groups excluding tert-OH is 1. The minimum absolute atomic E-state index is 0.0713. The maximum Gasteiger partial charge on any atom is 0.221 e. The van der Waals surface area contributed by atoms with Gasteiger partial charge >= 0.3 is 0 Å². The van der Waals surface area contributed by atoms with E-state index in [1.54, 1.807) is 0 Å². The quantitative estimate of drug-likeness (QED) is 0.825. The van der Waals surface area contributed by atoms with Gasteiger partial charge in [0.05, 0.1) is 0 Å². The second-order valence-corrected chi connectivity index (χ2v) is 5.74. The second-order valence-electron chi connectivity index (χ2n) is 5.74. The summed E-state index contributed by atoms with van der Waals surface area (Å²) >= 11 is 0. The molecule has 0 saturated carbocycles. The van der Waals surface area contributed by atoms with E-state index in [4.69, 9.17) is 0 Å². The lowest BCUT2D eigenvalue weighted by Crippen LogP contribution is -2.25. The fourth-order valence-corrected chi connectivity index (χ4v) is 2.79. The normalized spacial score (nSPS) is 12.2. The van der Waals surface area contributed by atoms with Crippen LogP contribution in [-0.4, -0.2) is 29.6 Å². The molecule has 4 heteroatoms. The van der Waals surface area contributed by atoms with Gasteiger partial charge in [0.25, 0.3) is 0 Å². The third-order valence-corrected chi connectivity index (χ3v) is 3.80. The zero-order valence-electron chi connectivity index (χ0n) is 13.7. The molecule has 2 rings (SSSR count). The van der Waals surface area contributed by atoms with E-state index in [9.17, 15) is 9.90 Å². The van der Waals surface area contributed by atoms with E-state index in [-0.39, 0.29) is 18.6 Å². The van der Waals surface area contributed by atoms with Crippen LogP contribution in [0.3, 0.4) is 0 Å². The minimum Gasteiger partial charge on any atom is -0.396 e. The molecule has 0 aromatic heterocycles. The molecule has 0 fully saturated rings. The minimum atomic E-state index is -0.0713. The summed E-state index contributed by atoms with van der Waals surface area (Å²) in [6.07, 6.45) is 0.686. The van der Waals surface area contributed by atoms with Crippen LogP contribution < -0.4 is 5.32 Å². The molecule has 0 unspecified atom stereocenters. The lowest BCUT2D eigenvalue weighted by molar-refractivity contribution is -0.114. The molecule has 2 aromatic rings. The molecule has 2 aromatic carbocycles. The summed E-state index contributed by atoms with van der Waals surface area (Å²) in [5.41, 5.74) is 3.13. The number of hydrogen-bond donors (Lipinski definition) is 2. The van der Waals surface area contributed by atoms with Gasteiger partial charge in [-0.2, -0.15) is 0 Å². The van der Waals surface area contributed by atoms with Gasteiger partial charge in [-0.25, -0.2) is 0 Å². The van der Waals surface area contributed by atoms with Crippen molar-refractivity contribution in [2.24, 2.45) is 0 Å². The number of benzene rings is 2. The first-order valence-electron chi connectivity index (χ1n) is 7.82. The molecule has 1 atom stereocenters. The molecule has 4 nitrogen and oxygen atoms in total. The van der Waals surface area contributed by atoms with Gasteiger partial charge in [-0.3, -0.25) is 9.69 Å². The molecule has 0 bridgehead atoms. The van der Waals surface area contributed by atoms with Crippen molar-refractivity contribution in [3.05, 3.63) is 65.7 Å². The van der Waals surface area contributed by atoms with Gasteiger partial charge in [0, 0.05) is 31.8 Å². The van der Waals surface area contributed by atoms with Gasteiger partial charge in [-0.1, -0.05) is 42.5 Å². The van der Waals surface area contributed by atoms with Crippen molar-refractivity contribution in [2.75, 3.05) is 19.0 Å². The smallest absolute Gasteiger partial charge is 0.221 e. The molecule has 2 N–H and O–H groups in total. The molecule has 122 valence electrons. The molecule has 0 spiro atoms. The summed E-state index contributed by atoms with van der Waals surface area (Å²) < 4.78 is 0. The van der Waals surface area contributed by atoms with Crippen LogP contribution in [0.2, 0.25) is 0 Å². The summed E-state index contributed by atoms with van der Waals surface area (Å²) in [6, 6.07) is 18.2. The summed E-state index contributed by atoms with van der Waals surface area (Å²) in [6.45, 7) is 2.40. The summed E-state index contributed by atoms with van der Waals surface area (Å²) in [4.78, 5) is 13.4. The lowest BCUT2D eigenvalue weighted by Gasteiger charge is -2.28. The molecular weight excluding hydrogens is 288 g/mol. The van der Waals surface area contributed by atoms with Crippen molar-refractivity contribution in [2.45, 2.75) is 25.9 Å². The molecule has 0 heterocycles. The third-order valence-electron chi connectivity index (χ3n) is 3.80. The number of amides is 1. The Morgan fingerprint density at radius 1 is 1.17 bits per heavy atom. The van der Waals surface area contributed by atoms with Gasteiger partial charge in [0.15, 0.2) is 0 Å². The van der Waals surface area contributed by atoms with Gasteiger partial charge in [0.1, 0.15) is 0 Å². The highest BCUT2D eigenvalue weighted by Crippen LogP contribution is 2.25. The Bertz CT molecular complexity index is 628. The fourth-order valence-electron chi connectivity index (χ4n) is 2.79. The SMILES string of the molecule is CC(=O)Nc1cccc(CN(C)[C@H](CCO)c2ccccc2)c1. The predicted molar refractivity (Wildman–Crippen MR) is 93.1 cm³/mol.